The van der Waals surface area contributed by atoms with E-state index < -0.39 is 0 Å². The smallest absolute Gasteiger partial charge is 0.113 e. The van der Waals surface area contributed by atoms with Crippen molar-refractivity contribution in [3.8, 4) is 5.69 Å². The molecule has 0 unspecified atom stereocenters. The van der Waals surface area contributed by atoms with E-state index in [1.165, 1.54) is 0 Å². The maximum absolute atomic E-state index is 4.35. The highest BCUT2D eigenvalue weighted by Crippen LogP contribution is 2.10. The highest BCUT2D eigenvalue weighted by Gasteiger charge is 2.02. The largest absolute Gasteiger partial charge is 0.262 e. The molecule has 0 fully saturated rings. The minimum atomic E-state index is 0.869. The van der Waals surface area contributed by atoms with Crippen molar-refractivity contribution < 1.29 is 0 Å². The minimum absolute atomic E-state index is 0.869. The van der Waals surface area contributed by atoms with Gasteiger partial charge in [0.25, 0.3) is 0 Å². The van der Waals surface area contributed by atoms with Crippen LogP contribution < -0.4 is 0 Å². The van der Waals surface area contributed by atoms with Gasteiger partial charge in [-0.1, -0.05) is 12.1 Å². The molecule has 0 aliphatic rings. The van der Waals surface area contributed by atoms with Crippen molar-refractivity contribution in [2.75, 3.05) is 0 Å². The van der Waals surface area contributed by atoms with E-state index in [0.29, 0.717) is 0 Å². The number of rotatable bonds is 1. The van der Waals surface area contributed by atoms with Gasteiger partial charge in [-0.3, -0.25) is 4.98 Å². The molecule has 0 amide bonds. The molecule has 3 rings (SSSR count). The van der Waals surface area contributed by atoms with E-state index in [1.54, 1.807) is 17.2 Å². The van der Waals surface area contributed by atoms with Crippen LogP contribution in [0.15, 0.2) is 48.8 Å². The fourth-order valence-corrected chi connectivity index (χ4v) is 1.45. The van der Waals surface area contributed by atoms with E-state index in [9.17, 15) is 0 Å². The van der Waals surface area contributed by atoms with Crippen molar-refractivity contribution in [1.29, 1.82) is 0 Å². The van der Waals surface area contributed by atoms with E-state index in [2.05, 4.69) is 15.2 Å². The maximum atomic E-state index is 4.35. The summed E-state index contributed by atoms with van der Waals surface area (Å²) >= 11 is 0. The van der Waals surface area contributed by atoms with Gasteiger partial charge in [0.15, 0.2) is 0 Å². The third-order valence-corrected chi connectivity index (χ3v) is 2.16. The predicted octanol–water partition coefficient (Wildman–Crippen LogP) is 1.82. The number of fused-ring (bicyclic) bond motifs is 1. The Morgan fingerprint density at radius 3 is 2.20 bits per heavy atom. The molecule has 0 radical (unpaired) electrons. The van der Waals surface area contributed by atoms with Gasteiger partial charge in [0.2, 0.25) is 0 Å². The summed E-state index contributed by atoms with van der Waals surface area (Å²) in [6.07, 6.45) is 3.46. The molecule has 0 aliphatic carbocycles. The van der Waals surface area contributed by atoms with E-state index >= 15 is 0 Å². The van der Waals surface area contributed by atoms with Crippen LogP contribution in [0.4, 0.5) is 0 Å². The molecule has 0 saturated heterocycles. The van der Waals surface area contributed by atoms with Crippen LogP contribution in [0.3, 0.4) is 0 Å². The molecular weight excluding hydrogens is 188 g/mol. The highest BCUT2D eigenvalue weighted by molar-refractivity contribution is 5.73. The number of nitrogens with zero attached hydrogens (tertiary/aromatic N) is 4. The molecule has 3 aromatic rings. The van der Waals surface area contributed by atoms with Gasteiger partial charge in [-0.2, -0.15) is 0 Å². The topological polar surface area (TPSA) is 43.6 Å². The lowest BCUT2D eigenvalue weighted by Gasteiger charge is -1.95. The number of aromatic nitrogens is 4. The van der Waals surface area contributed by atoms with Gasteiger partial charge in [0.05, 0.1) is 6.20 Å². The molecule has 0 aliphatic heterocycles. The van der Waals surface area contributed by atoms with Crippen molar-refractivity contribution in [2.24, 2.45) is 0 Å². The van der Waals surface area contributed by atoms with Gasteiger partial charge >= 0.3 is 0 Å². The maximum Gasteiger partial charge on any atom is 0.113 e. The Hall–Kier alpha value is -2.23. The summed E-state index contributed by atoms with van der Waals surface area (Å²) < 4.78 is 0. The fraction of sp³-hybridized carbons (Fsp3) is 0. The third-order valence-electron chi connectivity index (χ3n) is 2.16. The standard InChI is InChI=1S/C11H8N4/c1-2-6-11-10(5-1)13-15(14-11)9-4-3-7-12-8-9/h1-8H. The monoisotopic (exact) mass is 196 g/mol. The molecule has 0 saturated carbocycles. The lowest BCUT2D eigenvalue weighted by atomic mass is 10.3. The van der Waals surface area contributed by atoms with Gasteiger partial charge in [0, 0.05) is 6.20 Å². The zero-order valence-electron chi connectivity index (χ0n) is 7.91. The van der Waals surface area contributed by atoms with Crippen molar-refractivity contribution >= 4 is 11.0 Å². The second-order valence-corrected chi connectivity index (χ2v) is 3.19. The first-order chi connectivity index (χ1) is 7.43. The summed E-state index contributed by atoms with van der Waals surface area (Å²) in [6.45, 7) is 0. The summed E-state index contributed by atoms with van der Waals surface area (Å²) in [6, 6.07) is 11.6. The quantitative estimate of drug-likeness (QED) is 0.596. The number of pyridine rings is 1. The Balaban J connectivity index is 2.21. The Morgan fingerprint density at radius 2 is 1.60 bits per heavy atom. The van der Waals surface area contributed by atoms with Crippen LogP contribution in [0.5, 0.6) is 0 Å². The van der Waals surface area contributed by atoms with Crippen LogP contribution in [-0.2, 0) is 0 Å². The molecule has 2 aromatic heterocycles. The third kappa shape index (κ3) is 1.36. The van der Waals surface area contributed by atoms with E-state index in [1.807, 2.05) is 36.4 Å². The molecule has 1 aromatic carbocycles. The molecule has 0 N–H and O–H groups in total. The lowest BCUT2D eigenvalue weighted by Crippen LogP contribution is -1.98. The summed E-state index contributed by atoms with van der Waals surface area (Å²) in [4.78, 5) is 5.63. The van der Waals surface area contributed by atoms with E-state index in [4.69, 9.17) is 0 Å². The Bertz CT molecular complexity index is 553. The average Bonchev–Trinajstić information content (AvgIpc) is 2.74. The molecule has 4 heteroatoms. The summed E-state index contributed by atoms with van der Waals surface area (Å²) in [7, 11) is 0. The number of hydrogen-bond donors (Lipinski definition) is 0. The van der Waals surface area contributed by atoms with Crippen LogP contribution in [0, 0.1) is 0 Å². The molecular formula is C11H8N4. The first-order valence-corrected chi connectivity index (χ1v) is 4.66. The first kappa shape index (κ1) is 8.11. The molecule has 0 atom stereocenters. The molecule has 4 nitrogen and oxygen atoms in total. The summed E-state index contributed by atoms with van der Waals surface area (Å²) in [5.41, 5.74) is 2.65. The zero-order chi connectivity index (χ0) is 10.1. The predicted molar refractivity (Wildman–Crippen MR) is 56.7 cm³/mol. The van der Waals surface area contributed by atoms with Gasteiger partial charge in [-0.15, -0.1) is 15.0 Å². The Kier molecular flexibility index (Phi) is 1.71. The minimum Gasteiger partial charge on any atom is -0.262 e. The van der Waals surface area contributed by atoms with E-state index in [-0.39, 0.29) is 0 Å². The van der Waals surface area contributed by atoms with Crippen LogP contribution in [-0.4, -0.2) is 20.0 Å². The number of hydrogen-bond acceptors (Lipinski definition) is 3. The second kappa shape index (κ2) is 3.16. The molecule has 2 heterocycles. The van der Waals surface area contributed by atoms with Crippen LogP contribution in [0.1, 0.15) is 0 Å². The van der Waals surface area contributed by atoms with Crippen molar-refractivity contribution in [3.05, 3.63) is 48.8 Å². The average molecular weight is 196 g/mol. The Labute approximate surface area is 86.2 Å². The SMILES string of the molecule is c1cncc(-n2nc3ccccc3n2)c1. The van der Waals surface area contributed by atoms with Crippen LogP contribution in [0.2, 0.25) is 0 Å². The van der Waals surface area contributed by atoms with Crippen molar-refractivity contribution in [1.82, 2.24) is 20.0 Å². The normalized spacial score (nSPS) is 10.7. The first-order valence-electron chi connectivity index (χ1n) is 4.66. The summed E-state index contributed by atoms with van der Waals surface area (Å²) in [5, 5.41) is 8.70. The van der Waals surface area contributed by atoms with Gasteiger partial charge in [-0.25, -0.2) is 0 Å². The fourth-order valence-electron chi connectivity index (χ4n) is 1.45. The number of benzene rings is 1. The summed E-state index contributed by atoms with van der Waals surface area (Å²) in [5.74, 6) is 0. The molecule has 0 bridgehead atoms. The molecule has 15 heavy (non-hydrogen) atoms. The van der Waals surface area contributed by atoms with Gasteiger partial charge < -0.3 is 0 Å². The zero-order valence-corrected chi connectivity index (χ0v) is 7.91. The second-order valence-electron chi connectivity index (χ2n) is 3.19. The van der Waals surface area contributed by atoms with Crippen molar-refractivity contribution in [2.45, 2.75) is 0 Å². The van der Waals surface area contributed by atoms with Gasteiger partial charge in [-0.05, 0) is 24.3 Å². The lowest BCUT2D eigenvalue weighted by molar-refractivity contribution is 0.762. The Morgan fingerprint density at radius 1 is 0.867 bits per heavy atom. The molecule has 72 valence electrons. The van der Waals surface area contributed by atoms with Crippen LogP contribution >= 0.6 is 0 Å². The van der Waals surface area contributed by atoms with Crippen molar-refractivity contribution in [3.63, 3.8) is 0 Å². The van der Waals surface area contributed by atoms with Crippen LogP contribution in [0.25, 0.3) is 16.7 Å². The van der Waals surface area contributed by atoms with Gasteiger partial charge in [0.1, 0.15) is 16.7 Å². The van der Waals surface area contributed by atoms with E-state index in [0.717, 1.165) is 16.7 Å². The highest BCUT2D eigenvalue weighted by atomic mass is 15.5. The molecule has 0 spiro atoms.